The van der Waals surface area contributed by atoms with E-state index < -0.39 is 4.92 Å². The van der Waals surface area contributed by atoms with E-state index in [2.05, 4.69) is 27.2 Å². The van der Waals surface area contributed by atoms with Crippen LogP contribution < -0.4 is 5.32 Å². The van der Waals surface area contributed by atoms with Crippen molar-refractivity contribution in [3.63, 3.8) is 0 Å². The molecule has 2 heterocycles. The van der Waals surface area contributed by atoms with E-state index in [0.717, 1.165) is 17.7 Å². The van der Waals surface area contributed by atoms with Gasteiger partial charge in [-0.05, 0) is 25.0 Å². The number of pyridine rings is 1. The number of nitrogens with zero attached hydrogens (tertiary/aromatic N) is 4. The van der Waals surface area contributed by atoms with Crippen LogP contribution in [0, 0.1) is 17.0 Å². The highest BCUT2D eigenvalue weighted by Gasteiger charge is 2.22. The van der Waals surface area contributed by atoms with Crippen molar-refractivity contribution in [1.29, 1.82) is 0 Å². The second kappa shape index (κ2) is 6.25. The topological polar surface area (TPSA) is 93.8 Å². The highest BCUT2D eigenvalue weighted by Crippen LogP contribution is 2.23. The fourth-order valence-corrected chi connectivity index (χ4v) is 2.04. The molecule has 0 spiro atoms. The SMILES string of the molecule is CCc1ccc(Cc2nc(NC)nc(C)c2[N+](=O)[O-])nc1. The molecule has 0 aromatic carbocycles. The van der Waals surface area contributed by atoms with Gasteiger partial charge in [-0.25, -0.2) is 9.97 Å². The highest BCUT2D eigenvalue weighted by molar-refractivity contribution is 5.45. The summed E-state index contributed by atoms with van der Waals surface area (Å²) in [6.07, 6.45) is 3.00. The monoisotopic (exact) mass is 287 g/mol. The summed E-state index contributed by atoms with van der Waals surface area (Å²) in [5.41, 5.74) is 2.54. The van der Waals surface area contributed by atoms with Crippen molar-refractivity contribution in [1.82, 2.24) is 15.0 Å². The third-order valence-corrected chi connectivity index (χ3v) is 3.18. The number of nitrogens with one attached hydrogen (secondary N) is 1. The molecule has 0 aliphatic rings. The van der Waals surface area contributed by atoms with Crippen LogP contribution >= 0.6 is 0 Å². The number of anilines is 1. The fourth-order valence-electron chi connectivity index (χ4n) is 2.04. The lowest BCUT2D eigenvalue weighted by Crippen LogP contribution is -2.08. The average molecular weight is 287 g/mol. The Morgan fingerprint density at radius 1 is 1.33 bits per heavy atom. The molecule has 0 saturated heterocycles. The first-order valence-electron chi connectivity index (χ1n) is 6.68. The Bertz CT molecular complexity index is 655. The Labute approximate surface area is 122 Å². The van der Waals surface area contributed by atoms with Crippen LogP contribution in [0.5, 0.6) is 0 Å². The molecule has 1 N–H and O–H groups in total. The molecule has 0 aliphatic carbocycles. The first kappa shape index (κ1) is 14.8. The summed E-state index contributed by atoms with van der Waals surface area (Å²) in [6, 6.07) is 3.85. The van der Waals surface area contributed by atoms with Gasteiger partial charge in [-0.15, -0.1) is 0 Å². The normalized spacial score (nSPS) is 10.4. The molecule has 0 amide bonds. The van der Waals surface area contributed by atoms with Crippen molar-refractivity contribution in [3.8, 4) is 0 Å². The molecule has 7 nitrogen and oxygen atoms in total. The molecular formula is C14H17N5O2. The summed E-state index contributed by atoms with van der Waals surface area (Å²) < 4.78 is 0. The van der Waals surface area contributed by atoms with Crippen LogP contribution in [0.4, 0.5) is 11.6 Å². The molecule has 0 aliphatic heterocycles. The van der Waals surface area contributed by atoms with Crippen LogP contribution in [0.15, 0.2) is 18.3 Å². The van der Waals surface area contributed by atoms with Gasteiger partial charge in [0.1, 0.15) is 11.4 Å². The maximum absolute atomic E-state index is 11.2. The predicted molar refractivity (Wildman–Crippen MR) is 79.4 cm³/mol. The number of nitro groups is 1. The summed E-state index contributed by atoms with van der Waals surface area (Å²) in [7, 11) is 1.68. The molecular weight excluding hydrogens is 270 g/mol. The summed E-state index contributed by atoms with van der Waals surface area (Å²) >= 11 is 0. The number of aryl methyl sites for hydroxylation is 2. The van der Waals surface area contributed by atoms with Crippen molar-refractivity contribution in [2.24, 2.45) is 0 Å². The maximum atomic E-state index is 11.2. The maximum Gasteiger partial charge on any atom is 0.312 e. The van der Waals surface area contributed by atoms with Crippen molar-refractivity contribution in [2.45, 2.75) is 26.7 Å². The minimum absolute atomic E-state index is 0.0460. The van der Waals surface area contributed by atoms with Crippen LogP contribution in [-0.4, -0.2) is 26.9 Å². The zero-order chi connectivity index (χ0) is 15.4. The largest absolute Gasteiger partial charge is 0.357 e. The lowest BCUT2D eigenvalue weighted by molar-refractivity contribution is -0.386. The quantitative estimate of drug-likeness (QED) is 0.669. The zero-order valence-electron chi connectivity index (χ0n) is 12.3. The van der Waals surface area contributed by atoms with Crippen LogP contribution in [0.2, 0.25) is 0 Å². The van der Waals surface area contributed by atoms with Gasteiger partial charge >= 0.3 is 5.69 Å². The molecule has 2 rings (SSSR count). The summed E-state index contributed by atoms with van der Waals surface area (Å²) in [5.74, 6) is 0.373. The van der Waals surface area contributed by atoms with Crippen LogP contribution in [0.25, 0.3) is 0 Å². The van der Waals surface area contributed by atoms with E-state index in [4.69, 9.17) is 0 Å². The zero-order valence-corrected chi connectivity index (χ0v) is 12.3. The second-order valence-electron chi connectivity index (χ2n) is 4.62. The van der Waals surface area contributed by atoms with Gasteiger partial charge < -0.3 is 5.32 Å². The van der Waals surface area contributed by atoms with Gasteiger partial charge in [0.2, 0.25) is 5.95 Å². The van der Waals surface area contributed by atoms with Crippen molar-refractivity contribution >= 4 is 11.6 Å². The van der Waals surface area contributed by atoms with E-state index in [1.807, 2.05) is 12.1 Å². The molecule has 0 radical (unpaired) electrons. The lowest BCUT2D eigenvalue weighted by atomic mass is 10.1. The average Bonchev–Trinajstić information content (AvgIpc) is 2.47. The van der Waals surface area contributed by atoms with Gasteiger partial charge in [-0.2, -0.15) is 0 Å². The van der Waals surface area contributed by atoms with Gasteiger partial charge in [0.15, 0.2) is 0 Å². The van der Waals surface area contributed by atoms with Crippen LogP contribution in [-0.2, 0) is 12.8 Å². The van der Waals surface area contributed by atoms with Gasteiger partial charge in [-0.3, -0.25) is 15.1 Å². The van der Waals surface area contributed by atoms with Gasteiger partial charge in [0.25, 0.3) is 0 Å². The first-order valence-corrected chi connectivity index (χ1v) is 6.68. The molecule has 0 unspecified atom stereocenters. The number of aromatic nitrogens is 3. The van der Waals surface area contributed by atoms with Crippen molar-refractivity contribution in [3.05, 3.63) is 51.1 Å². The summed E-state index contributed by atoms with van der Waals surface area (Å²) in [5, 5.41) is 14.0. The molecule has 7 heteroatoms. The molecule has 2 aromatic heterocycles. The Morgan fingerprint density at radius 3 is 2.62 bits per heavy atom. The third kappa shape index (κ3) is 3.31. The van der Waals surface area contributed by atoms with Gasteiger partial charge in [0, 0.05) is 25.4 Å². The fraction of sp³-hybridized carbons (Fsp3) is 0.357. The minimum Gasteiger partial charge on any atom is -0.357 e. The summed E-state index contributed by atoms with van der Waals surface area (Å²) in [4.78, 5) is 23.4. The number of hydrogen-bond acceptors (Lipinski definition) is 6. The highest BCUT2D eigenvalue weighted by atomic mass is 16.6. The molecule has 0 saturated carbocycles. The Balaban J connectivity index is 2.41. The van der Waals surface area contributed by atoms with Crippen molar-refractivity contribution < 1.29 is 4.92 Å². The second-order valence-corrected chi connectivity index (χ2v) is 4.62. The molecule has 0 bridgehead atoms. The molecule has 21 heavy (non-hydrogen) atoms. The van der Waals surface area contributed by atoms with E-state index >= 15 is 0 Å². The molecule has 0 atom stereocenters. The van der Waals surface area contributed by atoms with Crippen LogP contribution in [0.1, 0.15) is 29.6 Å². The third-order valence-electron chi connectivity index (χ3n) is 3.18. The first-order chi connectivity index (χ1) is 10.0. The minimum atomic E-state index is -0.440. The Kier molecular flexibility index (Phi) is 4.42. The molecule has 0 fully saturated rings. The van der Waals surface area contributed by atoms with Crippen molar-refractivity contribution in [2.75, 3.05) is 12.4 Å². The van der Waals surface area contributed by atoms with E-state index in [1.165, 1.54) is 0 Å². The molecule has 2 aromatic rings. The number of hydrogen-bond donors (Lipinski definition) is 1. The number of rotatable bonds is 5. The summed E-state index contributed by atoms with van der Waals surface area (Å²) in [6.45, 7) is 3.66. The van der Waals surface area contributed by atoms with Gasteiger partial charge in [0.05, 0.1) is 4.92 Å². The van der Waals surface area contributed by atoms with E-state index in [9.17, 15) is 10.1 Å². The van der Waals surface area contributed by atoms with E-state index in [0.29, 0.717) is 23.8 Å². The molecule has 110 valence electrons. The Hall–Kier alpha value is -2.57. The smallest absolute Gasteiger partial charge is 0.312 e. The van der Waals surface area contributed by atoms with Gasteiger partial charge in [-0.1, -0.05) is 13.0 Å². The predicted octanol–water partition coefficient (Wildman–Crippen LogP) is 2.28. The standard InChI is InChI=1S/C14H17N5O2/c1-4-10-5-6-11(16-8-10)7-12-13(19(20)21)9(2)17-14(15-3)18-12/h5-6,8H,4,7H2,1-3H3,(H,15,17,18). The lowest BCUT2D eigenvalue weighted by Gasteiger charge is -2.07. The van der Waals surface area contributed by atoms with Crippen LogP contribution in [0.3, 0.4) is 0 Å². The van der Waals surface area contributed by atoms with E-state index in [-0.39, 0.29) is 5.69 Å². The Morgan fingerprint density at radius 2 is 2.10 bits per heavy atom. The van der Waals surface area contributed by atoms with E-state index in [1.54, 1.807) is 20.2 Å².